The van der Waals surface area contributed by atoms with Crippen molar-refractivity contribution in [2.75, 3.05) is 4.90 Å². The molecule has 0 unspecified atom stereocenters. The summed E-state index contributed by atoms with van der Waals surface area (Å²) in [4.78, 5) is 2.37. The van der Waals surface area contributed by atoms with Gasteiger partial charge in [-0.2, -0.15) is 0 Å². The number of rotatable bonds is 6. The molecule has 0 aliphatic rings. The maximum atomic E-state index is 6.56. The Balaban J connectivity index is 1.02. The van der Waals surface area contributed by atoms with E-state index in [1.54, 1.807) is 0 Å². The Labute approximate surface area is 310 Å². The zero-order valence-corrected chi connectivity index (χ0v) is 29.5. The average Bonchev–Trinajstić information content (AvgIpc) is 3.80. The lowest BCUT2D eigenvalue weighted by Crippen LogP contribution is -2.09. The summed E-state index contributed by atoms with van der Waals surface area (Å²) in [6, 6.07) is 67.9. The summed E-state index contributed by atoms with van der Waals surface area (Å²) in [6.07, 6.45) is 0. The van der Waals surface area contributed by atoms with E-state index in [1.807, 2.05) is 11.3 Å². The lowest BCUT2D eigenvalue weighted by Gasteiger charge is -2.26. The molecule has 0 radical (unpaired) electrons. The number of hydrogen-bond acceptors (Lipinski definition) is 3. The Morgan fingerprint density at radius 3 is 1.57 bits per heavy atom. The van der Waals surface area contributed by atoms with Crippen molar-refractivity contribution in [3.63, 3.8) is 0 Å². The molecule has 0 amide bonds. The molecule has 3 heteroatoms. The molecule has 11 aromatic rings. The van der Waals surface area contributed by atoms with Crippen molar-refractivity contribution < 1.29 is 4.42 Å². The molecule has 2 aromatic heterocycles. The second-order valence-electron chi connectivity index (χ2n) is 13.7. The van der Waals surface area contributed by atoms with Gasteiger partial charge in [0.25, 0.3) is 0 Å². The lowest BCUT2D eigenvalue weighted by molar-refractivity contribution is 0.670. The molecule has 53 heavy (non-hydrogen) atoms. The molecule has 0 aliphatic heterocycles. The highest BCUT2D eigenvalue weighted by molar-refractivity contribution is 7.25. The van der Waals surface area contributed by atoms with Crippen LogP contribution in [0.2, 0.25) is 0 Å². The van der Waals surface area contributed by atoms with E-state index in [0.717, 1.165) is 33.8 Å². The molecule has 0 atom stereocenters. The van der Waals surface area contributed by atoms with Crippen LogP contribution < -0.4 is 4.90 Å². The number of anilines is 3. The van der Waals surface area contributed by atoms with Gasteiger partial charge in [-0.25, -0.2) is 0 Å². The fourth-order valence-corrected chi connectivity index (χ4v) is 9.22. The topological polar surface area (TPSA) is 16.4 Å². The largest absolute Gasteiger partial charge is 0.455 e. The van der Waals surface area contributed by atoms with Crippen LogP contribution in [0.5, 0.6) is 0 Å². The molecular formula is C50H31NOS. The first kappa shape index (κ1) is 30.0. The molecule has 0 fully saturated rings. The van der Waals surface area contributed by atoms with Crippen molar-refractivity contribution >= 4 is 81.3 Å². The smallest absolute Gasteiger partial charge is 0.143 e. The molecule has 2 heterocycles. The van der Waals surface area contributed by atoms with Gasteiger partial charge >= 0.3 is 0 Å². The summed E-state index contributed by atoms with van der Waals surface area (Å²) in [5, 5.41) is 7.40. The maximum Gasteiger partial charge on any atom is 0.143 e. The second kappa shape index (κ2) is 11.9. The first-order valence-electron chi connectivity index (χ1n) is 18.0. The Bertz CT molecular complexity index is 3000. The molecule has 0 saturated heterocycles. The molecule has 0 bridgehead atoms. The van der Waals surface area contributed by atoms with Crippen LogP contribution in [0, 0.1) is 0 Å². The van der Waals surface area contributed by atoms with Gasteiger partial charge in [-0.1, -0.05) is 133 Å². The number of thiophene rings is 1. The van der Waals surface area contributed by atoms with E-state index in [9.17, 15) is 0 Å². The van der Waals surface area contributed by atoms with Crippen molar-refractivity contribution in [2.45, 2.75) is 0 Å². The fourth-order valence-electron chi connectivity index (χ4n) is 8.04. The summed E-state index contributed by atoms with van der Waals surface area (Å²) in [5.41, 5.74) is 12.4. The maximum absolute atomic E-state index is 6.56. The van der Waals surface area contributed by atoms with E-state index >= 15 is 0 Å². The van der Waals surface area contributed by atoms with Gasteiger partial charge in [0.2, 0.25) is 0 Å². The summed E-state index contributed by atoms with van der Waals surface area (Å²) in [5.74, 6) is 0. The van der Waals surface area contributed by atoms with Gasteiger partial charge < -0.3 is 9.32 Å². The van der Waals surface area contributed by atoms with Crippen LogP contribution in [0.1, 0.15) is 0 Å². The molecule has 0 N–H and O–H groups in total. The highest BCUT2D eigenvalue weighted by atomic mass is 32.1. The van der Waals surface area contributed by atoms with Crippen molar-refractivity contribution in [1.29, 1.82) is 0 Å². The van der Waals surface area contributed by atoms with Gasteiger partial charge in [0, 0.05) is 53.6 Å². The van der Waals surface area contributed by atoms with E-state index in [0.29, 0.717) is 0 Å². The number of fused-ring (bicyclic) bond motifs is 3. The van der Waals surface area contributed by atoms with Gasteiger partial charge in [0.15, 0.2) is 0 Å². The molecule has 0 saturated carbocycles. The fraction of sp³-hybridized carbons (Fsp3) is 0. The third-order valence-electron chi connectivity index (χ3n) is 10.6. The second-order valence-corrected chi connectivity index (χ2v) is 14.8. The molecule has 0 spiro atoms. The quantitative estimate of drug-likeness (QED) is 0.161. The number of nitrogens with zero attached hydrogens (tertiary/aromatic N) is 1. The standard InChI is InChI=1S/C50H31NOS/c1-3-8-32(9-4-1)34-16-22-39(23-17-34)51(40-24-18-35(19-25-40)33-10-5-2-6-11-33)41-26-29-44-43-28-21-38(30-46(43)53-47(44)31-41)42-27-20-37-15-14-36-12-7-13-45-48(36)49(37)50(42)52-45/h1-31H. The number of hydrogen-bond donors (Lipinski definition) is 0. The van der Waals surface area contributed by atoms with Crippen LogP contribution in [0.15, 0.2) is 192 Å². The third-order valence-corrected chi connectivity index (χ3v) is 11.8. The Morgan fingerprint density at radius 2 is 0.906 bits per heavy atom. The van der Waals surface area contributed by atoms with Gasteiger partial charge in [0.1, 0.15) is 11.2 Å². The Morgan fingerprint density at radius 1 is 0.377 bits per heavy atom. The molecule has 2 nitrogen and oxygen atoms in total. The molecule has 248 valence electrons. The lowest BCUT2D eigenvalue weighted by atomic mass is 9.96. The van der Waals surface area contributed by atoms with Crippen molar-refractivity contribution in [3.05, 3.63) is 188 Å². The van der Waals surface area contributed by atoms with Crippen LogP contribution in [0.4, 0.5) is 17.1 Å². The molecule has 0 aliphatic carbocycles. The minimum atomic E-state index is 0.944. The average molecular weight is 694 g/mol. The zero-order valence-electron chi connectivity index (χ0n) is 28.7. The van der Waals surface area contributed by atoms with E-state index in [-0.39, 0.29) is 0 Å². The van der Waals surface area contributed by atoms with Crippen LogP contribution in [0.25, 0.3) is 86.3 Å². The van der Waals surface area contributed by atoms with Gasteiger partial charge in [-0.05, 0) is 93.2 Å². The molecule has 11 rings (SSSR count). The van der Waals surface area contributed by atoms with Crippen molar-refractivity contribution in [1.82, 2.24) is 0 Å². The minimum Gasteiger partial charge on any atom is -0.455 e. The van der Waals surface area contributed by atoms with Crippen molar-refractivity contribution in [2.24, 2.45) is 0 Å². The normalized spacial score (nSPS) is 11.8. The predicted octanol–water partition coefficient (Wildman–Crippen LogP) is 15.0. The van der Waals surface area contributed by atoms with Crippen molar-refractivity contribution in [3.8, 4) is 33.4 Å². The van der Waals surface area contributed by atoms with E-state index in [4.69, 9.17) is 4.42 Å². The Hall–Kier alpha value is -6.68. The summed E-state index contributed by atoms with van der Waals surface area (Å²) < 4.78 is 9.08. The highest BCUT2D eigenvalue weighted by Crippen LogP contribution is 2.45. The van der Waals surface area contributed by atoms with Gasteiger partial charge in [-0.3, -0.25) is 0 Å². The predicted molar refractivity (Wildman–Crippen MR) is 226 cm³/mol. The number of benzene rings is 9. The third kappa shape index (κ3) is 4.93. The Kier molecular flexibility index (Phi) is 6.76. The van der Waals surface area contributed by atoms with E-state index < -0.39 is 0 Å². The summed E-state index contributed by atoms with van der Waals surface area (Å²) in [7, 11) is 0. The number of furan rings is 1. The van der Waals surface area contributed by atoms with Crippen LogP contribution >= 0.6 is 11.3 Å². The SMILES string of the molecule is c1ccc(-c2ccc(N(c3ccc(-c4ccccc4)cc3)c3ccc4c(c3)sc3cc(-c5ccc6ccc7cccc8oc5c6c78)ccc34)cc2)cc1. The van der Waals surface area contributed by atoms with Crippen LogP contribution in [-0.4, -0.2) is 0 Å². The summed E-state index contributed by atoms with van der Waals surface area (Å²) in [6.45, 7) is 0. The van der Waals surface area contributed by atoms with E-state index in [1.165, 1.54) is 69.5 Å². The first-order valence-corrected chi connectivity index (χ1v) is 18.8. The monoisotopic (exact) mass is 693 g/mol. The van der Waals surface area contributed by atoms with Gasteiger partial charge in [-0.15, -0.1) is 11.3 Å². The highest BCUT2D eigenvalue weighted by Gasteiger charge is 2.19. The zero-order chi connectivity index (χ0) is 34.9. The van der Waals surface area contributed by atoms with E-state index in [2.05, 4.69) is 193 Å². The first-order chi connectivity index (χ1) is 26.2. The molecule has 9 aromatic carbocycles. The van der Waals surface area contributed by atoms with Crippen LogP contribution in [0.3, 0.4) is 0 Å². The minimum absolute atomic E-state index is 0.944. The molecular weight excluding hydrogens is 663 g/mol. The van der Waals surface area contributed by atoms with Crippen LogP contribution in [-0.2, 0) is 0 Å². The summed E-state index contributed by atoms with van der Waals surface area (Å²) >= 11 is 1.85. The van der Waals surface area contributed by atoms with Gasteiger partial charge in [0.05, 0.1) is 0 Å².